The minimum atomic E-state index is -0.644. The van der Waals surface area contributed by atoms with Gasteiger partial charge in [0.1, 0.15) is 5.84 Å². The van der Waals surface area contributed by atoms with Crippen LogP contribution < -0.4 is 0 Å². The summed E-state index contributed by atoms with van der Waals surface area (Å²) in [6.45, 7) is 5.95. The molecule has 0 fully saturated rings. The van der Waals surface area contributed by atoms with Crippen LogP contribution >= 0.6 is 0 Å². The third-order valence-electron chi connectivity index (χ3n) is 4.79. The van der Waals surface area contributed by atoms with E-state index in [4.69, 9.17) is 4.99 Å². The van der Waals surface area contributed by atoms with Gasteiger partial charge in [0, 0.05) is 19.3 Å². The molecule has 26 heavy (non-hydrogen) atoms. The van der Waals surface area contributed by atoms with Crippen LogP contribution in [-0.4, -0.2) is 28.9 Å². The van der Waals surface area contributed by atoms with Gasteiger partial charge in [-0.1, -0.05) is 66.7 Å². The van der Waals surface area contributed by atoms with Gasteiger partial charge in [0.05, 0.1) is 12.0 Å². The monoisotopic (exact) mass is 346 g/mol. The van der Waals surface area contributed by atoms with Crippen molar-refractivity contribution in [3.05, 3.63) is 90.1 Å². The lowest BCUT2D eigenvalue weighted by Gasteiger charge is -2.30. The predicted octanol–water partition coefficient (Wildman–Crippen LogP) is 4.69. The van der Waals surface area contributed by atoms with Gasteiger partial charge in [-0.2, -0.15) is 0 Å². The molecule has 3 rings (SSSR count). The van der Waals surface area contributed by atoms with E-state index in [1.54, 1.807) is 0 Å². The lowest BCUT2D eigenvalue weighted by Crippen LogP contribution is -2.37. The summed E-state index contributed by atoms with van der Waals surface area (Å²) in [4.78, 5) is 6.93. The van der Waals surface area contributed by atoms with Gasteiger partial charge < -0.3 is 10.0 Å². The van der Waals surface area contributed by atoms with Crippen LogP contribution in [0.25, 0.3) is 5.57 Å². The van der Waals surface area contributed by atoms with Crippen LogP contribution in [0.4, 0.5) is 0 Å². The summed E-state index contributed by atoms with van der Waals surface area (Å²) in [6.07, 6.45) is 5.38. The number of rotatable bonds is 5. The molecule has 0 aliphatic carbocycles. The first kappa shape index (κ1) is 18.2. The second kappa shape index (κ2) is 8.63. The molecular weight excluding hydrogens is 320 g/mol. The Hall–Kier alpha value is -2.65. The zero-order valence-electron chi connectivity index (χ0n) is 15.4. The number of nitrogens with zero attached hydrogens (tertiary/aromatic N) is 2. The molecule has 134 valence electrons. The van der Waals surface area contributed by atoms with E-state index in [9.17, 15) is 5.11 Å². The third kappa shape index (κ3) is 3.94. The average molecular weight is 346 g/mol. The number of aliphatic hydroxyl groups is 1. The quantitative estimate of drug-likeness (QED) is 0.853. The Kier molecular flexibility index (Phi) is 6.03. The maximum absolute atomic E-state index is 11.2. The number of hydrogen-bond acceptors (Lipinski definition) is 3. The van der Waals surface area contributed by atoms with Crippen LogP contribution in [0.5, 0.6) is 0 Å². The molecule has 2 aromatic rings. The summed E-state index contributed by atoms with van der Waals surface area (Å²) in [6, 6.07) is 20.1. The fourth-order valence-corrected chi connectivity index (χ4v) is 3.36. The topological polar surface area (TPSA) is 35.8 Å². The minimum absolute atomic E-state index is 0.206. The average Bonchev–Trinajstić information content (AvgIpc) is 2.93. The van der Waals surface area contributed by atoms with Crippen LogP contribution in [0.3, 0.4) is 0 Å². The van der Waals surface area contributed by atoms with Crippen molar-refractivity contribution in [2.45, 2.75) is 20.0 Å². The number of amidine groups is 1. The van der Waals surface area contributed by atoms with Crippen LogP contribution in [-0.2, 0) is 0 Å². The Morgan fingerprint density at radius 1 is 0.962 bits per heavy atom. The van der Waals surface area contributed by atoms with Crippen LogP contribution in [0.1, 0.15) is 31.1 Å². The molecule has 1 aliphatic heterocycles. The fraction of sp³-hybridized carbons (Fsp3) is 0.261. The molecule has 0 amide bonds. The molecule has 2 atom stereocenters. The molecule has 0 radical (unpaired) electrons. The van der Waals surface area contributed by atoms with Gasteiger partial charge in [0.25, 0.3) is 0 Å². The van der Waals surface area contributed by atoms with E-state index < -0.39 is 6.10 Å². The number of hydrogen-bond donors (Lipinski definition) is 1. The van der Waals surface area contributed by atoms with E-state index in [0.29, 0.717) is 0 Å². The summed E-state index contributed by atoms with van der Waals surface area (Å²) in [5, 5.41) is 11.2. The summed E-state index contributed by atoms with van der Waals surface area (Å²) in [5.74, 6) is 0.705. The summed E-state index contributed by atoms with van der Waals surface area (Å²) < 4.78 is 0. The highest BCUT2D eigenvalue weighted by Gasteiger charge is 2.28. The van der Waals surface area contributed by atoms with Gasteiger partial charge in [0.2, 0.25) is 0 Å². The van der Waals surface area contributed by atoms with Gasteiger partial charge in [-0.15, -0.1) is 0 Å². The van der Waals surface area contributed by atoms with Gasteiger partial charge in [-0.3, -0.25) is 0 Å². The molecule has 3 heteroatoms. The lowest BCUT2D eigenvalue weighted by atomic mass is 9.90. The molecule has 0 spiro atoms. The van der Waals surface area contributed by atoms with Crippen molar-refractivity contribution < 1.29 is 5.11 Å². The highest BCUT2D eigenvalue weighted by Crippen LogP contribution is 2.31. The molecule has 0 bridgehead atoms. The largest absolute Gasteiger partial charge is 0.387 e. The first-order chi connectivity index (χ1) is 12.7. The summed E-state index contributed by atoms with van der Waals surface area (Å²) >= 11 is 0. The first-order valence-corrected chi connectivity index (χ1v) is 9.24. The second-order valence-electron chi connectivity index (χ2n) is 6.34. The molecule has 0 aromatic heterocycles. The van der Waals surface area contributed by atoms with Crippen molar-refractivity contribution in [3.63, 3.8) is 0 Å². The van der Waals surface area contributed by atoms with Crippen LogP contribution in [0.2, 0.25) is 0 Å². The second-order valence-corrected chi connectivity index (χ2v) is 6.34. The van der Waals surface area contributed by atoms with E-state index in [1.807, 2.05) is 60.8 Å². The fourth-order valence-electron chi connectivity index (χ4n) is 3.36. The highest BCUT2D eigenvalue weighted by atomic mass is 16.3. The molecular formula is C23H26N2O. The molecule has 0 saturated heterocycles. The minimum Gasteiger partial charge on any atom is -0.387 e. The lowest BCUT2D eigenvalue weighted by molar-refractivity contribution is 0.152. The Bertz CT molecular complexity index is 789. The molecule has 1 aliphatic rings. The van der Waals surface area contributed by atoms with Crippen molar-refractivity contribution in [1.82, 2.24) is 4.90 Å². The van der Waals surface area contributed by atoms with Gasteiger partial charge >= 0.3 is 0 Å². The molecule has 3 nitrogen and oxygen atoms in total. The van der Waals surface area contributed by atoms with Crippen molar-refractivity contribution in [3.8, 4) is 0 Å². The van der Waals surface area contributed by atoms with E-state index in [0.717, 1.165) is 35.6 Å². The van der Waals surface area contributed by atoms with E-state index in [-0.39, 0.29) is 5.92 Å². The van der Waals surface area contributed by atoms with E-state index in [1.165, 1.54) is 0 Å². The zero-order valence-corrected chi connectivity index (χ0v) is 15.4. The Morgan fingerprint density at radius 3 is 2.19 bits per heavy atom. The van der Waals surface area contributed by atoms with Crippen molar-refractivity contribution in [2.75, 3.05) is 13.1 Å². The molecule has 1 heterocycles. The van der Waals surface area contributed by atoms with Crippen molar-refractivity contribution in [2.24, 2.45) is 10.9 Å². The Balaban J connectivity index is 2.05. The van der Waals surface area contributed by atoms with Gasteiger partial charge in [-0.05, 0) is 36.6 Å². The third-order valence-corrected chi connectivity index (χ3v) is 4.79. The number of aliphatic hydroxyl groups excluding tert-OH is 1. The molecule has 2 unspecified atom stereocenters. The number of aliphatic imine (C=N–C) groups is 1. The standard InChI is InChI=1S/C23H26N2O/c1-3-25(4-2)23-21(22(26)19-13-9-6-10-14-19)17-20(15-16-24-23)18-11-7-5-8-12-18/h5-17,21-22,26H,3-4H2,1-2H3. The van der Waals surface area contributed by atoms with Gasteiger partial charge in [0.15, 0.2) is 0 Å². The molecule has 1 N–H and O–H groups in total. The van der Waals surface area contributed by atoms with Crippen molar-refractivity contribution >= 4 is 11.4 Å². The normalized spacial score (nSPS) is 17.9. The molecule has 0 saturated carbocycles. The highest BCUT2D eigenvalue weighted by molar-refractivity contribution is 5.91. The van der Waals surface area contributed by atoms with Crippen LogP contribution in [0, 0.1) is 5.92 Å². The first-order valence-electron chi connectivity index (χ1n) is 9.24. The van der Waals surface area contributed by atoms with E-state index in [2.05, 4.69) is 37.0 Å². The number of benzene rings is 2. The Morgan fingerprint density at radius 2 is 1.58 bits per heavy atom. The SMILES string of the molecule is CCN(CC)C1=NC=CC(c2ccccc2)=CC1C(O)c1ccccc1. The maximum atomic E-state index is 11.2. The van der Waals surface area contributed by atoms with Crippen molar-refractivity contribution in [1.29, 1.82) is 0 Å². The Labute approximate surface area is 156 Å². The molecule has 2 aromatic carbocycles. The van der Waals surface area contributed by atoms with E-state index >= 15 is 0 Å². The van der Waals surface area contributed by atoms with Gasteiger partial charge in [-0.25, -0.2) is 4.99 Å². The smallest absolute Gasteiger partial charge is 0.114 e. The number of allylic oxidation sites excluding steroid dienone is 2. The van der Waals surface area contributed by atoms with Crippen LogP contribution in [0.15, 0.2) is 84.0 Å². The summed E-state index contributed by atoms with van der Waals surface area (Å²) in [5.41, 5.74) is 3.12. The summed E-state index contributed by atoms with van der Waals surface area (Å²) in [7, 11) is 0. The maximum Gasteiger partial charge on any atom is 0.114 e. The predicted molar refractivity (Wildman–Crippen MR) is 109 cm³/mol. The zero-order chi connectivity index (χ0) is 18.4.